The third kappa shape index (κ3) is 3.55. The van der Waals surface area contributed by atoms with Gasteiger partial charge in [0.1, 0.15) is 0 Å². The number of anilines is 1. The molecular formula is C15H22N2O2. The predicted octanol–water partition coefficient (Wildman–Crippen LogP) is 1.46. The first kappa shape index (κ1) is 14.0. The number of nitrogens with one attached hydrogen (secondary N) is 1. The average Bonchev–Trinajstić information content (AvgIpc) is 2.43. The maximum absolute atomic E-state index is 11.6. The minimum atomic E-state index is 0.197. The van der Waals surface area contributed by atoms with Crippen molar-refractivity contribution in [3.05, 3.63) is 29.3 Å². The van der Waals surface area contributed by atoms with Crippen LogP contribution in [0.4, 0.5) is 5.69 Å². The van der Waals surface area contributed by atoms with Crippen LogP contribution < -0.4 is 10.2 Å². The van der Waals surface area contributed by atoms with E-state index in [4.69, 9.17) is 5.11 Å². The Morgan fingerprint density at radius 3 is 2.95 bits per heavy atom. The van der Waals surface area contributed by atoms with Crippen molar-refractivity contribution >= 4 is 11.6 Å². The van der Waals surface area contributed by atoms with Crippen LogP contribution in [-0.2, 0) is 17.8 Å². The highest BCUT2D eigenvalue weighted by Crippen LogP contribution is 2.27. The highest BCUT2D eigenvalue weighted by molar-refractivity contribution is 5.95. The number of fused-ring (bicyclic) bond motifs is 1. The van der Waals surface area contributed by atoms with Crippen molar-refractivity contribution in [2.24, 2.45) is 0 Å². The van der Waals surface area contributed by atoms with Crippen molar-refractivity contribution in [3.63, 3.8) is 0 Å². The van der Waals surface area contributed by atoms with Crippen LogP contribution in [0.1, 0.15) is 30.4 Å². The molecule has 2 N–H and O–H groups in total. The van der Waals surface area contributed by atoms with Gasteiger partial charge >= 0.3 is 0 Å². The van der Waals surface area contributed by atoms with Gasteiger partial charge in [-0.2, -0.15) is 0 Å². The third-order valence-corrected chi connectivity index (χ3v) is 3.58. The summed E-state index contributed by atoms with van der Waals surface area (Å²) in [4.78, 5) is 13.4. The number of rotatable bonds is 6. The second kappa shape index (κ2) is 6.68. The molecule has 0 saturated carbocycles. The van der Waals surface area contributed by atoms with E-state index in [1.165, 1.54) is 11.1 Å². The number of carbonyl (C=O) groups is 1. The van der Waals surface area contributed by atoms with Gasteiger partial charge in [0.15, 0.2) is 0 Å². The van der Waals surface area contributed by atoms with Crippen LogP contribution in [0.3, 0.4) is 0 Å². The number of carbonyl (C=O) groups excluding carboxylic acids is 1. The number of hydrogen-bond acceptors (Lipinski definition) is 3. The van der Waals surface area contributed by atoms with Crippen LogP contribution in [0.15, 0.2) is 18.2 Å². The van der Waals surface area contributed by atoms with Crippen LogP contribution in [0.25, 0.3) is 0 Å². The Hall–Kier alpha value is -1.39. The van der Waals surface area contributed by atoms with E-state index in [9.17, 15) is 4.79 Å². The van der Waals surface area contributed by atoms with Gasteiger partial charge in [-0.15, -0.1) is 0 Å². The van der Waals surface area contributed by atoms with Gasteiger partial charge in [0.25, 0.3) is 0 Å². The molecule has 1 heterocycles. The lowest BCUT2D eigenvalue weighted by atomic mass is 9.99. The molecule has 0 spiro atoms. The van der Waals surface area contributed by atoms with Crippen molar-refractivity contribution in [1.82, 2.24) is 5.32 Å². The molecule has 4 heteroatoms. The molecule has 1 aromatic carbocycles. The molecule has 0 aliphatic carbocycles. The molecule has 0 unspecified atom stereocenters. The molecule has 1 amide bonds. The standard InChI is InChI=1S/C15H22N2O2/c1-17-14-6-4-12(11-16-8-2-3-9-18)10-13(14)5-7-15(17)19/h4,6,10,16,18H,2-3,5,7-9,11H2,1H3. The Morgan fingerprint density at radius 1 is 1.32 bits per heavy atom. The molecule has 0 atom stereocenters. The average molecular weight is 262 g/mol. The van der Waals surface area contributed by atoms with Gasteiger partial charge in [0, 0.05) is 32.3 Å². The van der Waals surface area contributed by atoms with Crippen LogP contribution >= 0.6 is 0 Å². The molecule has 0 aromatic heterocycles. The zero-order chi connectivity index (χ0) is 13.7. The van der Waals surface area contributed by atoms with Crippen molar-refractivity contribution in [2.75, 3.05) is 25.1 Å². The Morgan fingerprint density at radius 2 is 2.16 bits per heavy atom. The highest BCUT2D eigenvalue weighted by atomic mass is 16.2. The number of amides is 1. The fourth-order valence-electron chi connectivity index (χ4n) is 2.41. The summed E-state index contributed by atoms with van der Waals surface area (Å²) < 4.78 is 0. The van der Waals surface area contributed by atoms with Crippen molar-refractivity contribution in [2.45, 2.75) is 32.2 Å². The van der Waals surface area contributed by atoms with Crippen molar-refractivity contribution in [1.29, 1.82) is 0 Å². The zero-order valence-electron chi connectivity index (χ0n) is 11.5. The van der Waals surface area contributed by atoms with Crippen LogP contribution in [0, 0.1) is 0 Å². The highest BCUT2D eigenvalue weighted by Gasteiger charge is 2.20. The number of hydrogen-bond donors (Lipinski definition) is 2. The van der Waals surface area contributed by atoms with E-state index >= 15 is 0 Å². The van der Waals surface area contributed by atoms with Gasteiger partial charge in [-0.25, -0.2) is 0 Å². The van der Waals surface area contributed by atoms with Gasteiger partial charge < -0.3 is 15.3 Å². The van der Waals surface area contributed by atoms with E-state index < -0.39 is 0 Å². The van der Waals surface area contributed by atoms with E-state index in [0.29, 0.717) is 6.42 Å². The van der Waals surface area contributed by atoms with E-state index in [1.807, 2.05) is 13.1 Å². The number of nitrogens with zero attached hydrogens (tertiary/aromatic N) is 1. The maximum atomic E-state index is 11.6. The first-order valence-corrected chi connectivity index (χ1v) is 6.92. The quantitative estimate of drug-likeness (QED) is 0.763. The summed E-state index contributed by atoms with van der Waals surface area (Å²) in [5.41, 5.74) is 3.56. The van der Waals surface area contributed by atoms with Crippen LogP contribution in [0.5, 0.6) is 0 Å². The summed E-state index contributed by atoms with van der Waals surface area (Å²) in [5.74, 6) is 0.197. The number of aryl methyl sites for hydroxylation is 1. The first-order valence-electron chi connectivity index (χ1n) is 6.92. The normalized spacial score (nSPS) is 14.6. The number of aliphatic hydroxyl groups excluding tert-OH is 1. The minimum absolute atomic E-state index is 0.197. The Balaban J connectivity index is 1.92. The minimum Gasteiger partial charge on any atom is -0.396 e. The van der Waals surface area contributed by atoms with Crippen LogP contribution in [-0.4, -0.2) is 31.2 Å². The van der Waals surface area contributed by atoms with Gasteiger partial charge in [-0.3, -0.25) is 4.79 Å². The fourth-order valence-corrected chi connectivity index (χ4v) is 2.41. The Bertz CT molecular complexity index is 446. The number of benzene rings is 1. The van der Waals surface area contributed by atoms with E-state index in [1.54, 1.807) is 4.90 Å². The summed E-state index contributed by atoms with van der Waals surface area (Å²) >= 11 is 0. The second-order valence-corrected chi connectivity index (χ2v) is 5.02. The molecule has 0 fully saturated rings. The zero-order valence-corrected chi connectivity index (χ0v) is 11.5. The van der Waals surface area contributed by atoms with Crippen LogP contribution in [0.2, 0.25) is 0 Å². The molecule has 0 bridgehead atoms. The Labute approximate surface area is 114 Å². The molecule has 0 radical (unpaired) electrons. The third-order valence-electron chi connectivity index (χ3n) is 3.58. The lowest BCUT2D eigenvalue weighted by Crippen LogP contribution is -2.31. The monoisotopic (exact) mass is 262 g/mol. The SMILES string of the molecule is CN1C(=O)CCc2cc(CNCCCCO)ccc21. The fraction of sp³-hybridized carbons (Fsp3) is 0.533. The molecular weight excluding hydrogens is 240 g/mol. The molecule has 1 aromatic rings. The summed E-state index contributed by atoms with van der Waals surface area (Å²) in [7, 11) is 1.84. The van der Waals surface area contributed by atoms with Gasteiger partial charge in [-0.1, -0.05) is 12.1 Å². The van der Waals surface area contributed by atoms with Crippen molar-refractivity contribution in [3.8, 4) is 0 Å². The first-order chi connectivity index (χ1) is 9.22. The molecule has 0 saturated heterocycles. The number of aliphatic hydroxyl groups is 1. The molecule has 19 heavy (non-hydrogen) atoms. The summed E-state index contributed by atoms with van der Waals surface area (Å²) in [5, 5.41) is 12.1. The number of unbranched alkanes of at least 4 members (excludes halogenated alkanes) is 1. The maximum Gasteiger partial charge on any atom is 0.227 e. The molecule has 2 rings (SSSR count). The lowest BCUT2D eigenvalue weighted by Gasteiger charge is -2.26. The van der Waals surface area contributed by atoms with Gasteiger partial charge in [0.05, 0.1) is 0 Å². The van der Waals surface area contributed by atoms with E-state index in [2.05, 4.69) is 17.4 Å². The van der Waals surface area contributed by atoms with Gasteiger partial charge in [-0.05, 0) is 43.0 Å². The topological polar surface area (TPSA) is 52.6 Å². The van der Waals surface area contributed by atoms with E-state index in [0.717, 1.165) is 38.0 Å². The molecule has 1 aliphatic heterocycles. The summed E-state index contributed by atoms with van der Waals surface area (Å²) in [6.45, 7) is 2.04. The lowest BCUT2D eigenvalue weighted by molar-refractivity contribution is -0.118. The van der Waals surface area contributed by atoms with E-state index in [-0.39, 0.29) is 12.5 Å². The second-order valence-electron chi connectivity index (χ2n) is 5.02. The smallest absolute Gasteiger partial charge is 0.227 e. The molecule has 104 valence electrons. The van der Waals surface area contributed by atoms with Gasteiger partial charge in [0.2, 0.25) is 5.91 Å². The largest absolute Gasteiger partial charge is 0.396 e. The predicted molar refractivity (Wildman–Crippen MR) is 76.2 cm³/mol. The molecule has 4 nitrogen and oxygen atoms in total. The summed E-state index contributed by atoms with van der Waals surface area (Å²) in [6.07, 6.45) is 3.30. The Kier molecular flexibility index (Phi) is 4.93. The summed E-state index contributed by atoms with van der Waals surface area (Å²) in [6, 6.07) is 6.31. The molecule has 1 aliphatic rings. The van der Waals surface area contributed by atoms with Crippen molar-refractivity contribution < 1.29 is 9.90 Å².